The smallest absolute Gasteiger partial charge is 0.226 e. The largest absolute Gasteiger partial charge is 0.463 e. The maximum Gasteiger partial charge on any atom is 0.226 e. The van der Waals surface area contributed by atoms with Crippen LogP contribution in [0.1, 0.15) is 26.2 Å². The van der Waals surface area contributed by atoms with Crippen LogP contribution in [0, 0.1) is 11.8 Å². The maximum absolute atomic E-state index is 12.2. The molecule has 2 aromatic rings. The predicted octanol–water partition coefficient (Wildman–Crippen LogP) is 3.37. The highest BCUT2D eigenvalue weighted by atomic mass is 32.1. The van der Waals surface area contributed by atoms with Crippen LogP contribution in [0.25, 0.3) is 11.5 Å². The van der Waals surface area contributed by atoms with Crippen molar-refractivity contribution in [3.05, 3.63) is 23.8 Å². The third-order valence-electron chi connectivity index (χ3n) is 4.17. The highest BCUT2D eigenvalue weighted by Gasteiger charge is 2.22. The first-order valence-electron chi connectivity index (χ1n) is 7.72. The summed E-state index contributed by atoms with van der Waals surface area (Å²) in [6.07, 6.45) is 4.58. The number of nitrogens with zero attached hydrogens (tertiary/aromatic N) is 1. The fourth-order valence-electron chi connectivity index (χ4n) is 2.86. The lowest BCUT2D eigenvalue weighted by atomic mass is 9.85. The average Bonchev–Trinajstić information content (AvgIpc) is 3.19. The van der Waals surface area contributed by atoms with Gasteiger partial charge in [0.15, 0.2) is 10.9 Å². The lowest BCUT2D eigenvalue weighted by Crippen LogP contribution is -2.34. The van der Waals surface area contributed by atoms with E-state index in [1.54, 1.807) is 6.26 Å². The van der Waals surface area contributed by atoms with Crippen LogP contribution in [-0.2, 0) is 4.79 Å². The number of hydrogen-bond donors (Lipinski definition) is 2. The summed E-state index contributed by atoms with van der Waals surface area (Å²) in [5.74, 6) is 1.74. The fourth-order valence-corrected chi connectivity index (χ4v) is 3.58. The van der Waals surface area contributed by atoms with E-state index in [9.17, 15) is 4.79 Å². The monoisotopic (exact) mass is 319 g/mol. The Bertz CT molecular complexity index is 603. The van der Waals surface area contributed by atoms with Gasteiger partial charge < -0.3 is 15.1 Å². The van der Waals surface area contributed by atoms with Crippen molar-refractivity contribution in [3.63, 3.8) is 0 Å². The third-order valence-corrected chi connectivity index (χ3v) is 4.93. The molecular formula is C16H21N3O2S. The molecule has 0 aliphatic carbocycles. The zero-order valence-corrected chi connectivity index (χ0v) is 13.5. The van der Waals surface area contributed by atoms with Crippen LogP contribution in [0.4, 0.5) is 5.13 Å². The van der Waals surface area contributed by atoms with Crippen molar-refractivity contribution in [2.24, 2.45) is 11.8 Å². The molecule has 1 fully saturated rings. The number of nitrogens with one attached hydrogen (secondary N) is 2. The Morgan fingerprint density at radius 3 is 3.27 bits per heavy atom. The van der Waals surface area contributed by atoms with E-state index < -0.39 is 0 Å². The number of piperidine rings is 1. The van der Waals surface area contributed by atoms with Crippen LogP contribution in [0.15, 0.2) is 28.2 Å². The number of furan rings is 1. The number of hydrogen-bond acceptors (Lipinski definition) is 5. The second-order valence-corrected chi connectivity index (χ2v) is 6.71. The van der Waals surface area contributed by atoms with E-state index in [1.807, 2.05) is 17.5 Å². The van der Waals surface area contributed by atoms with Crippen LogP contribution in [0.5, 0.6) is 0 Å². The van der Waals surface area contributed by atoms with Gasteiger partial charge in [-0.05, 0) is 49.9 Å². The first kappa shape index (κ1) is 15.2. The zero-order chi connectivity index (χ0) is 15.4. The first-order valence-corrected chi connectivity index (χ1v) is 8.60. The van der Waals surface area contributed by atoms with Gasteiger partial charge in [0.1, 0.15) is 5.69 Å². The van der Waals surface area contributed by atoms with E-state index in [1.165, 1.54) is 24.2 Å². The molecule has 0 aromatic carbocycles. The van der Waals surface area contributed by atoms with Crippen molar-refractivity contribution in [2.75, 3.05) is 18.4 Å². The van der Waals surface area contributed by atoms with Crippen LogP contribution in [0.3, 0.4) is 0 Å². The van der Waals surface area contributed by atoms with Gasteiger partial charge in [0.05, 0.1) is 6.26 Å². The fraction of sp³-hybridized carbons (Fsp3) is 0.500. The molecule has 2 N–H and O–H groups in total. The van der Waals surface area contributed by atoms with Crippen molar-refractivity contribution in [1.82, 2.24) is 10.3 Å². The molecular weight excluding hydrogens is 298 g/mol. The van der Waals surface area contributed by atoms with Gasteiger partial charge in [-0.1, -0.05) is 6.92 Å². The summed E-state index contributed by atoms with van der Waals surface area (Å²) >= 11 is 1.42. The molecule has 2 unspecified atom stereocenters. The SMILES string of the molecule is CC(CC(=O)Nc1nc(-c2ccco2)cs1)C1CCCNC1. The molecule has 1 aliphatic heterocycles. The minimum atomic E-state index is 0.0402. The number of carbonyl (C=O) groups is 1. The number of amides is 1. The molecule has 0 bridgehead atoms. The quantitative estimate of drug-likeness (QED) is 0.886. The maximum atomic E-state index is 12.2. The van der Waals surface area contributed by atoms with E-state index in [0.717, 1.165) is 24.5 Å². The number of rotatable bonds is 5. The summed E-state index contributed by atoms with van der Waals surface area (Å²) in [5, 5.41) is 8.83. The Morgan fingerprint density at radius 1 is 1.64 bits per heavy atom. The van der Waals surface area contributed by atoms with E-state index in [0.29, 0.717) is 23.4 Å². The molecule has 2 aromatic heterocycles. The topological polar surface area (TPSA) is 67.2 Å². The Hall–Kier alpha value is -1.66. The first-order chi connectivity index (χ1) is 10.7. The van der Waals surface area contributed by atoms with Gasteiger partial charge in [-0.2, -0.15) is 0 Å². The zero-order valence-electron chi connectivity index (χ0n) is 12.7. The molecule has 1 saturated heterocycles. The Balaban J connectivity index is 1.53. The summed E-state index contributed by atoms with van der Waals surface area (Å²) < 4.78 is 5.31. The highest BCUT2D eigenvalue weighted by Crippen LogP contribution is 2.26. The summed E-state index contributed by atoms with van der Waals surface area (Å²) in [5.41, 5.74) is 0.759. The third kappa shape index (κ3) is 3.75. The highest BCUT2D eigenvalue weighted by molar-refractivity contribution is 7.14. The van der Waals surface area contributed by atoms with Gasteiger partial charge in [-0.3, -0.25) is 4.79 Å². The van der Waals surface area contributed by atoms with Gasteiger partial charge in [0.25, 0.3) is 0 Å². The number of carbonyl (C=O) groups excluding carboxylic acids is 1. The average molecular weight is 319 g/mol. The molecule has 0 spiro atoms. The van der Waals surface area contributed by atoms with Gasteiger partial charge in [-0.15, -0.1) is 11.3 Å². The molecule has 118 valence electrons. The predicted molar refractivity (Wildman–Crippen MR) is 87.8 cm³/mol. The lowest BCUT2D eigenvalue weighted by molar-refractivity contribution is -0.117. The summed E-state index contributed by atoms with van der Waals surface area (Å²) in [7, 11) is 0. The van der Waals surface area contributed by atoms with Crippen molar-refractivity contribution in [1.29, 1.82) is 0 Å². The minimum absolute atomic E-state index is 0.0402. The summed E-state index contributed by atoms with van der Waals surface area (Å²) in [4.78, 5) is 16.6. The number of anilines is 1. The molecule has 6 heteroatoms. The second-order valence-electron chi connectivity index (χ2n) is 5.85. The van der Waals surface area contributed by atoms with Crippen molar-refractivity contribution in [2.45, 2.75) is 26.2 Å². The standard InChI is InChI=1S/C16H21N3O2S/c1-11(12-4-2-6-17-9-12)8-15(20)19-16-18-13(10-22-16)14-5-3-7-21-14/h3,5,7,10-12,17H,2,4,6,8-9H2,1H3,(H,18,19,20). The summed E-state index contributed by atoms with van der Waals surface area (Å²) in [6.45, 7) is 4.28. The normalized spacial score (nSPS) is 19.8. The Kier molecular flexibility index (Phi) is 4.90. The van der Waals surface area contributed by atoms with E-state index >= 15 is 0 Å². The van der Waals surface area contributed by atoms with E-state index in [2.05, 4.69) is 22.5 Å². The molecule has 0 radical (unpaired) electrons. The molecule has 1 amide bonds. The molecule has 0 saturated carbocycles. The van der Waals surface area contributed by atoms with Crippen LogP contribution in [-0.4, -0.2) is 24.0 Å². The van der Waals surface area contributed by atoms with Gasteiger partial charge in [0, 0.05) is 11.8 Å². The lowest BCUT2D eigenvalue weighted by Gasteiger charge is -2.27. The van der Waals surface area contributed by atoms with Crippen molar-refractivity contribution >= 4 is 22.4 Å². The molecule has 2 atom stereocenters. The van der Waals surface area contributed by atoms with Gasteiger partial charge in [-0.25, -0.2) is 4.98 Å². The van der Waals surface area contributed by atoms with Gasteiger partial charge in [0.2, 0.25) is 5.91 Å². The molecule has 3 heterocycles. The van der Waals surface area contributed by atoms with Crippen LogP contribution >= 0.6 is 11.3 Å². The number of thiazole rings is 1. The van der Waals surface area contributed by atoms with Crippen molar-refractivity contribution < 1.29 is 9.21 Å². The number of aromatic nitrogens is 1. The molecule has 22 heavy (non-hydrogen) atoms. The minimum Gasteiger partial charge on any atom is -0.463 e. The van der Waals surface area contributed by atoms with E-state index in [4.69, 9.17) is 4.42 Å². The van der Waals surface area contributed by atoms with Crippen LogP contribution in [0.2, 0.25) is 0 Å². The van der Waals surface area contributed by atoms with E-state index in [-0.39, 0.29) is 5.91 Å². The molecule has 5 nitrogen and oxygen atoms in total. The van der Waals surface area contributed by atoms with Gasteiger partial charge >= 0.3 is 0 Å². The second kappa shape index (κ2) is 7.07. The molecule has 1 aliphatic rings. The molecule has 3 rings (SSSR count). The van der Waals surface area contributed by atoms with Crippen LogP contribution < -0.4 is 10.6 Å². The summed E-state index contributed by atoms with van der Waals surface area (Å²) in [6, 6.07) is 3.69. The van der Waals surface area contributed by atoms with Crippen molar-refractivity contribution in [3.8, 4) is 11.5 Å². The Morgan fingerprint density at radius 2 is 2.55 bits per heavy atom. The Labute approximate surface area is 134 Å².